The Hall–Kier alpha value is -2.29. The van der Waals surface area contributed by atoms with Gasteiger partial charge in [0.2, 0.25) is 0 Å². The number of carbonyl (C=O) groups excluding carboxylic acids is 1. The summed E-state index contributed by atoms with van der Waals surface area (Å²) in [5.41, 5.74) is 5.16. The van der Waals surface area contributed by atoms with Crippen LogP contribution in [0, 0.1) is 3.57 Å². The lowest BCUT2D eigenvalue weighted by Crippen LogP contribution is -2.19. The maximum atomic E-state index is 12.4. The molecule has 1 aliphatic heterocycles. The van der Waals surface area contributed by atoms with Crippen molar-refractivity contribution in [3.8, 4) is 11.5 Å². The number of carbonyl (C=O) groups is 1. The van der Waals surface area contributed by atoms with Crippen molar-refractivity contribution < 1.29 is 14.3 Å². The molecule has 3 rings (SSSR count). The van der Waals surface area contributed by atoms with Crippen molar-refractivity contribution in [1.29, 1.82) is 0 Å². The summed E-state index contributed by atoms with van der Waals surface area (Å²) in [4.78, 5) is 14.7. The summed E-state index contributed by atoms with van der Waals surface area (Å²) in [6.45, 7) is 7.14. The van der Waals surface area contributed by atoms with Gasteiger partial charge in [0.05, 0.1) is 23.0 Å². The summed E-state index contributed by atoms with van der Waals surface area (Å²) in [6, 6.07) is 11.5. The predicted molar refractivity (Wildman–Crippen MR) is 124 cm³/mol. The van der Waals surface area contributed by atoms with Crippen LogP contribution in [0.1, 0.15) is 42.6 Å². The van der Waals surface area contributed by atoms with Gasteiger partial charge in [0.15, 0.2) is 11.5 Å². The Morgan fingerprint density at radius 3 is 2.48 bits per heavy atom. The number of anilines is 1. The molecule has 0 saturated carbocycles. The average molecular weight is 507 g/mol. The molecule has 0 unspecified atom stereocenters. The van der Waals surface area contributed by atoms with E-state index in [1.807, 2.05) is 50.2 Å². The van der Waals surface area contributed by atoms with Gasteiger partial charge in [-0.05, 0) is 91.2 Å². The van der Waals surface area contributed by atoms with Crippen molar-refractivity contribution >= 4 is 40.4 Å². The molecule has 1 fully saturated rings. The van der Waals surface area contributed by atoms with E-state index in [1.165, 1.54) is 12.8 Å². The Morgan fingerprint density at radius 2 is 1.83 bits per heavy atom. The number of benzene rings is 2. The maximum absolute atomic E-state index is 12.4. The summed E-state index contributed by atoms with van der Waals surface area (Å²) in [7, 11) is 0. The molecule has 0 aliphatic carbocycles. The largest absolute Gasteiger partial charge is 0.490 e. The van der Waals surface area contributed by atoms with Crippen LogP contribution in [0.15, 0.2) is 41.5 Å². The number of rotatable bonds is 8. The van der Waals surface area contributed by atoms with E-state index in [1.54, 1.807) is 6.21 Å². The van der Waals surface area contributed by atoms with Crippen LogP contribution in [-0.4, -0.2) is 38.4 Å². The van der Waals surface area contributed by atoms with E-state index in [0.29, 0.717) is 24.5 Å². The van der Waals surface area contributed by atoms with Crippen LogP contribution < -0.4 is 19.8 Å². The van der Waals surface area contributed by atoms with Crippen molar-refractivity contribution in [1.82, 2.24) is 5.43 Å². The summed E-state index contributed by atoms with van der Waals surface area (Å²) in [5, 5.41) is 4.10. The molecule has 0 bridgehead atoms. The zero-order valence-corrected chi connectivity index (χ0v) is 18.9. The normalized spacial score (nSPS) is 13.7. The Bertz CT molecular complexity index is 862. The summed E-state index contributed by atoms with van der Waals surface area (Å²) in [6.07, 6.45) is 4.07. The van der Waals surface area contributed by atoms with Gasteiger partial charge in [0.1, 0.15) is 0 Å². The quantitative estimate of drug-likeness (QED) is 0.326. The number of hydrazone groups is 1. The molecule has 0 spiro atoms. The molecular formula is C22H26IN3O3. The number of nitrogens with one attached hydrogen (secondary N) is 1. The van der Waals surface area contributed by atoms with Crippen LogP contribution in [-0.2, 0) is 0 Å². The SMILES string of the molecule is CCOc1cc(/C=N\NC(=O)c2ccc(N3CCCC3)cc2)cc(I)c1OCC. The highest BCUT2D eigenvalue weighted by Gasteiger charge is 2.13. The average Bonchev–Trinajstić information content (AvgIpc) is 3.26. The smallest absolute Gasteiger partial charge is 0.271 e. The molecular weight excluding hydrogens is 481 g/mol. The first-order chi connectivity index (χ1) is 14.1. The molecule has 1 aliphatic rings. The maximum Gasteiger partial charge on any atom is 0.271 e. The van der Waals surface area contributed by atoms with E-state index in [2.05, 4.69) is 38.0 Å². The van der Waals surface area contributed by atoms with E-state index in [-0.39, 0.29) is 5.91 Å². The van der Waals surface area contributed by atoms with Crippen molar-refractivity contribution in [2.45, 2.75) is 26.7 Å². The number of hydrogen-bond acceptors (Lipinski definition) is 5. The number of ether oxygens (including phenoxy) is 2. The Morgan fingerprint density at radius 1 is 1.14 bits per heavy atom. The molecule has 154 valence electrons. The van der Waals surface area contributed by atoms with Gasteiger partial charge in [-0.1, -0.05) is 0 Å². The van der Waals surface area contributed by atoms with E-state index in [4.69, 9.17) is 9.47 Å². The standard InChI is InChI=1S/C22H26IN3O3/c1-3-28-20-14-16(13-19(23)21(20)29-4-2)15-24-25-22(27)17-7-9-18(10-8-17)26-11-5-6-12-26/h7-10,13-15H,3-6,11-12H2,1-2H3,(H,25,27)/b24-15-. The highest BCUT2D eigenvalue weighted by Crippen LogP contribution is 2.33. The number of hydrogen-bond donors (Lipinski definition) is 1. The Balaban J connectivity index is 1.65. The van der Waals surface area contributed by atoms with Gasteiger partial charge in [-0.3, -0.25) is 4.79 Å². The molecule has 0 radical (unpaired) electrons. The molecule has 1 saturated heterocycles. The lowest BCUT2D eigenvalue weighted by molar-refractivity contribution is 0.0955. The van der Waals surface area contributed by atoms with Gasteiger partial charge >= 0.3 is 0 Å². The van der Waals surface area contributed by atoms with Crippen molar-refractivity contribution in [2.75, 3.05) is 31.2 Å². The molecule has 29 heavy (non-hydrogen) atoms. The second-order valence-corrected chi connectivity index (χ2v) is 7.80. The molecule has 7 heteroatoms. The first kappa shape index (κ1) is 21.4. The lowest BCUT2D eigenvalue weighted by Gasteiger charge is -2.17. The zero-order chi connectivity index (χ0) is 20.6. The highest BCUT2D eigenvalue weighted by molar-refractivity contribution is 14.1. The molecule has 1 N–H and O–H groups in total. The number of halogens is 1. The first-order valence-electron chi connectivity index (χ1n) is 9.90. The minimum absolute atomic E-state index is 0.236. The van der Waals surface area contributed by atoms with Crippen molar-refractivity contribution in [3.63, 3.8) is 0 Å². The molecule has 2 aromatic rings. The van der Waals surface area contributed by atoms with Gasteiger partial charge in [-0.25, -0.2) is 5.43 Å². The fourth-order valence-electron chi connectivity index (χ4n) is 3.24. The van der Waals surface area contributed by atoms with Crippen LogP contribution in [0.2, 0.25) is 0 Å². The van der Waals surface area contributed by atoms with Gasteiger partial charge in [0.25, 0.3) is 5.91 Å². The first-order valence-corrected chi connectivity index (χ1v) is 11.0. The second kappa shape index (κ2) is 10.5. The highest BCUT2D eigenvalue weighted by atomic mass is 127. The lowest BCUT2D eigenvalue weighted by atomic mass is 10.2. The molecule has 2 aromatic carbocycles. The van der Waals surface area contributed by atoms with Crippen LogP contribution in [0.25, 0.3) is 0 Å². The fourth-order valence-corrected chi connectivity index (χ4v) is 4.02. The molecule has 0 aromatic heterocycles. The topological polar surface area (TPSA) is 63.2 Å². The van der Waals surface area contributed by atoms with Crippen LogP contribution in [0.5, 0.6) is 11.5 Å². The van der Waals surface area contributed by atoms with Crippen molar-refractivity contribution in [3.05, 3.63) is 51.1 Å². The predicted octanol–water partition coefficient (Wildman–Crippen LogP) is 4.45. The van der Waals surface area contributed by atoms with Crippen LogP contribution in [0.4, 0.5) is 5.69 Å². The third kappa shape index (κ3) is 5.62. The third-order valence-electron chi connectivity index (χ3n) is 4.60. The molecule has 1 heterocycles. The minimum Gasteiger partial charge on any atom is -0.490 e. The fraction of sp³-hybridized carbons (Fsp3) is 0.364. The molecule has 0 atom stereocenters. The monoisotopic (exact) mass is 507 g/mol. The number of nitrogens with zero attached hydrogens (tertiary/aromatic N) is 2. The minimum atomic E-state index is -0.236. The van der Waals surface area contributed by atoms with Gasteiger partial charge in [-0.15, -0.1) is 0 Å². The zero-order valence-electron chi connectivity index (χ0n) is 16.8. The summed E-state index contributed by atoms with van der Waals surface area (Å²) < 4.78 is 12.3. The molecule has 1 amide bonds. The van der Waals surface area contributed by atoms with E-state index >= 15 is 0 Å². The van der Waals surface area contributed by atoms with Gasteiger partial charge in [-0.2, -0.15) is 5.10 Å². The van der Waals surface area contributed by atoms with E-state index in [0.717, 1.165) is 33.7 Å². The van der Waals surface area contributed by atoms with Gasteiger partial charge < -0.3 is 14.4 Å². The Kier molecular flexibility index (Phi) is 7.74. The van der Waals surface area contributed by atoms with Crippen LogP contribution in [0.3, 0.4) is 0 Å². The van der Waals surface area contributed by atoms with Gasteiger partial charge in [0, 0.05) is 24.3 Å². The van der Waals surface area contributed by atoms with E-state index in [9.17, 15) is 4.79 Å². The van der Waals surface area contributed by atoms with Crippen LogP contribution >= 0.6 is 22.6 Å². The summed E-state index contributed by atoms with van der Waals surface area (Å²) >= 11 is 2.21. The van der Waals surface area contributed by atoms with E-state index < -0.39 is 0 Å². The summed E-state index contributed by atoms with van der Waals surface area (Å²) in [5.74, 6) is 1.17. The Labute approximate surface area is 185 Å². The second-order valence-electron chi connectivity index (χ2n) is 6.64. The van der Waals surface area contributed by atoms with Crippen molar-refractivity contribution in [2.24, 2.45) is 5.10 Å². The third-order valence-corrected chi connectivity index (χ3v) is 5.40. The molecule has 6 nitrogen and oxygen atoms in total. The number of amides is 1.